The molecule has 10 heteroatoms. The van der Waals surface area contributed by atoms with Crippen LogP contribution in [0.2, 0.25) is 0 Å². The first-order valence-corrected chi connectivity index (χ1v) is 11.9. The van der Waals surface area contributed by atoms with Crippen LogP contribution in [0.5, 0.6) is 0 Å². The number of hydrogen-bond donors (Lipinski definition) is 0. The van der Waals surface area contributed by atoms with Gasteiger partial charge in [-0.15, -0.1) is 5.10 Å². The highest BCUT2D eigenvalue weighted by molar-refractivity contribution is 5.64. The molecule has 7 nitrogen and oxygen atoms in total. The lowest BCUT2D eigenvalue weighted by Crippen LogP contribution is -2.69. The molecule has 4 saturated heterocycles. The van der Waals surface area contributed by atoms with Gasteiger partial charge >= 0.3 is 6.18 Å². The molecule has 2 bridgehead atoms. The van der Waals surface area contributed by atoms with E-state index in [0.717, 1.165) is 25.3 Å². The van der Waals surface area contributed by atoms with Crippen molar-refractivity contribution < 1.29 is 32.4 Å². The number of rotatable bonds is 2. The fraction of sp³-hybridized carbons (Fsp3) is 0.667. The molecule has 0 amide bonds. The van der Waals surface area contributed by atoms with Crippen LogP contribution in [0, 0.1) is 23.7 Å². The maximum atomic E-state index is 13.8. The molecule has 34 heavy (non-hydrogen) atoms. The van der Waals surface area contributed by atoms with Gasteiger partial charge in [0, 0.05) is 23.8 Å². The zero-order chi connectivity index (χ0) is 23.9. The highest BCUT2D eigenvalue weighted by Crippen LogP contribution is 2.62. The molecule has 1 aromatic carbocycles. The summed E-state index contributed by atoms with van der Waals surface area (Å²) in [5.74, 6) is -0.421. The number of alkyl halides is 3. The number of hydrogen-bond acceptors (Lipinski definition) is 6. The van der Waals surface area contributed by atoms with Gasteiger partial charge in [-0.1, -0.05) is 37.3 Å². The summed E-state index contributed by atoms with van der Waals surface area (Å²) in [5.41, 5.74) is -1.22. The normalized spacial score (nSPS) is 41.7. The molecule has 184 valence electrons. The second kappa shape index (κ2) is 7.49. The van der Waals surface area contributed by atoms with Gasteiger partial charge < -0.3 is 9.47 Å². The van der Waals surface area contributed by atoms with Gasteiger partial charge in [0.15, 0.2) is 18.1 Å². The Kier molecular flexibility index (Phi) is 4.95. The number of nitrogens with zero attached hydrogens (tertiary/aromatic N) is 3. The number of halogens is 3. The van der Waals surface area contributed by atoms with Crippen molar-refractivity contribution in [3.05, 3.63) is 36.0 Å². The van der Waals surface area contributed by atoms with E-state index in [1.54, 1.807) is 6.07 Å². The van der Waals surface area contributed by atoms with Crippen LogP contribution in [-0.2, 0) is 25.4 Å². The molecule has 0 radical (unpaired) electrons. The quantitative estimate of drug-likeness (QED) is 0.542. The van der Waals surface area contributed by atoms with Crippen LogP contribution in [0.1, 0.15) is 58.2 Å². The van der Waals surface area contributed by atoms with Gasteiger partial charge in [0.1, 0.15) is 0 Å². The SMILES string of the molecule is C[C@H]1[C@H](n2nncc2-c2ccccc2C(F)(F)F)O[C@@H]2O[C@@]3(C)CC[C@H]4[C@H](C)CC[C@@H]1[C@@]24OO3. The van der Waals surface area contributed by atoms with E-state index in [9.17, 15) is 13.2 Å². The van der Waals surface area contributed by atoms with Gasteiger partial charge in [-0.25, -0.2) is 14.5 Å². The maximum Gasteiger partial charge on any atom is 0.417 e. The number of fused-ring (bicyclic) bond motifs is 2. The van der Waals surface area contributed by atoms with E-state index in [-0.39, 0.29) is 29.0 Å². The molecular formula is C24H28F3N3O4. The molecule has 2 aromatic rings. The van der Waals surface area contributed by atoms with Gasteiger partial charge in [0.25, 0.3) is 0 Å². The predicted molar refractivity (Wildman–Crippen MR) is 113 cm³/mol. The van der Waals surface area contributed by atoms with E-state index < -0.39 is 35.6 Å². The van der Waals surface area contributed by atoms with Gasteiger partial charge in [-0.05, 0) is 44.1 Å². The molecule has 4 aliphatic heterocycles. The molecule has 5 fully saturated rings. The maximum absolute atomic E-state index is 13.8. The topological polar surface area (TPSA) is 67.6 Å². The first-order chi connectivity index (χ1) is 16.1. The van der Waals surface area contributed by atoms with Crippen molar-refractivity contribution in [2.75, 3.05) is 0 Å². The summed E-state index contributed by atoms with van der Waals surface area (Å²) in [4.78, 5) is 12.0. The van der Waals surface area contributed by atoms with Crippen LogP contribution in [0.4, 0.5) is 13.2 Å². The molecule has 1 saturated carbocycles. The minimum Gasteiger partial charge on any atom is -0.324 e. The fourth-order valence-electron chi connectivity index (χ4n) is 6.74. The summed E-state index contributed by atoms with van der Waals surface area (Å²) in [6.45, 7) is 6.11. The Morgan fingerprint density at radius 3 is 2.65 bits per heavy atom. The molecule has 1 aliphatic carbocycles. The van der Waals surface area contributed by atoms with Crippen molar-refractivity contribution in [1.82, 2.24) is 15.0 Å². The molecule has 8 atom stereocenters. The molecule has 7 rings (SSSR count). The van der Waals surface area contributed by atoms with Crippen LogP contribution >= 0.6 is 0 Å². The molecule has 1 aromatic heterocycles. The average Bonchev–Trinajstić information content (AvgIpc) is 3.17. The lowest BCUT2D eigenvalue weighted by Gasteiger charge is -2.60. The zero-order valence-corrected chi connectivity index (χ0v) is 19.3. The Morgan fingerprint density at radius 2 is 1.85 bits per heavy atom. The van der Waals surface area contributed by atoms with Crippen molar-refractivity contribution in [2.45, 2.75) is 76.5 Å². The molecule has 1 spiro atoms. The van der Waals surface area contributed by atoms with Crippen LogP contribution in [0.15, 0.2) is 30.5 Å². The lowest BCUT2D eigenvalue weighted by molar-refractivity contribution is -0.574. The van der Waals surface area contributed by atoms with Crippen LogP contribution in [-0.4, -0.2) is 32.7 Å². The second-order valence-electron chi connectivity index (χ2n) is 10.4. The zero-order valence-electron chi connectivity index (χ0n) is 19.3. The van der Waals surface area contributed by atoms with Crippen molar-refractivity contribution in [3.8, 4) is 11.3 Å². The number of aromatic nitrogens is 3. The minimum absolute atomic E-state index is 0.0149. The van der Waals surface area contributed by atoms with E-state index in [1.165, 1.54) is 23.0 Å². The molecule has 5 aliphatic rings. The van der Waals surface area contributed by atoms with E-state index in [1.807, 2.05) is 13.8 Å². The summed E-state index contributed by atoms with van der Waals surface area (Å²) in [6.07, 6.45) is -1.04. The number of benzene rings is 1. The van der Waals surface area contributed by atoms with E-state index >= 15 is 0 Å². The van der Waals surface area contributed by atoms with Crippen molar-refractivity contribution >= 4 is 0 Å². The Balaban J connectivity index is 1.43. The highest BCUT2D eigenvalue weighted by Gasteiger charge is 2.69. The van der Waals surface area contributed by atoms with Gasteiger partial charge in [-0.3, -0.25) is 0 Å². The molecule has 0 N–H and O–H groups in total. The van der Waals surface area contributed by atoms with E-state index in [0.29, 0.717) is 12.3 Å². The molecule has 0 unspecified atom stereocenters. The van der Waals surface area contributed by atoms with Crippen LogP contribution in [0.25, 0.3) is 11.3 Å². The standard InChI is InChI=1S/C24H28F3N3O4/c1-13-8-9-17-14(2)20(31-21-23(17)16(13)10-11-22(3,32-21)33-34-23)30-19(12-28-29-30)15-6-4-5-7-18(15)24(25,26)27/h4-7,12-14,16-17,20-21H,8-11H2,1-3H3/t13-,14-,16+,17+,20-,21-,22-,23-/m1/s1. The summed E-state index contributed by atoms with van der Waals surface area (Å²) < 4.78 is 55.7. The third-order valence-corrected chi connectivity index (χ3v) is 8.45. The number of ether oxygens (including phenoxy) is 2. The van der Waals surface area contributed by atoms with Crippen LogP contribution in [0.3, 0.4) is 0 Å². The Bertz CT molecular complexity index is 1090. The largest absolute Gasteiger partial charge is 0.417 e. The van der Waals surface area contributed by atoms with Crippen LogP contribution < -0.4 is 0 Å². The fourth-order valence-corrected chi connectivity index (χ4v) is 6.74. The average molecular weight is 479 g/mol. The highest BCUT2D eigenvalue weighted by atomic mass is 19.4. The second-order valence-corrected chi connectivity index (χ2v) is 10.4. The predicted octanol–water partition coefficient (Wildman–Crippen LogP) is 5.34. The first kappa shape index (κ1) is 22.5. The van der Waals surface area contributed by atoms with Crippen molar-refractivity contribution in [2.24, 2.45) is 23.7 Å². The Morgan fingerprint density at radius 1 is 1.06 bits per heavy atom. The minimum atomic E-state index is -4.51. The van der Waals surface area contributed by atoms with Crippen molar-refractivity contribution in [3.63, 3.8) is 0 Å². The van der Waals surface area contributed by atoms with E-state index in [4.69, 9.17) is 19.2 Å². The third kappa shape index (κ3) is 3.11. The molecular weight excluding hydrogens is 451 g/mol. The van der Waals surface area contributed by atoms with Gasteiger partial charge in [-0.2, -0.15) is 13.2 Å². The monoisotopic (exact) mass is 479 g/mol. The first-order valence-electron chi connectivity index (χ1n) is 11.9. The summed E-state index contributed by atoms with van der Waals surface area (Å²) in [5, 5.41) is 8.17. The van der Waals surface area contributed by atoms with Gasteiger partial charge in [0.2, 0.25) is 5.79 Å². The summed E-state index contributed by atoms with van der Waals surface area (Å²) in [6, 6.07) is 5.46. The lowest BCUT2D eigenvalue weighted by atomic mass is 9.58. The Hall–Kier alpha value is -2.01. The van der Waals surface area contributed by atoms with Gasteiger partial charge in [0.05, 0.1) is 17.5 Å². The smallest absolute Gasteiger partial charge is 0.324 e. The molecule has 5 heterocycles. The van der Waals surface area contributed by atoms with E-state index in [2.05, 4.69) is 17.2 Å². The summed E-state index contributed by atoms with van der Waals surface area (Å²) >= 11 is 0. The van der Waals surface area contributed by atoms with Crippen molar-refractivity contribution in [1.29, 1.82) is 0 Å². The third-order valence-electron chi connectivity index (χ3n) is 8.45. The summed E-state index contributed by atoms with van der Waals surface area (Å²) in [7, 11) is 0. The Labute approximate surface area is 195 Å².